The first-order chi connectivity index (χ1) is 9.34. The molecule has 0 bridgehead atoms. The van der Waals surface area contributed by atoms with Gasteiger partial charge in [-0.15, -0.1) is 11.3 Å². The Morgan fingerprint density at radius 1 is 1.20 bits per heavy atom. The first kappa shape index (κ1) is 15.0. The number of benzene rings is 1. The molecule has 0 spiro atoms. The standard InChI is InChI=1S/C14H12F4OS/c1-2-8-6-7-11(20-8)13(19)9-4-3-5-10(12(9)15)14(16,17)18/h3-7,13,19H,2H2,1H3. The van der Waals surface area contributed by atoms with Crippen LogP contribution in [-0.2, 0) is 12.6 Å². The Kier molecular flexibility index (Phi) is 4.15. The van der Waals surface area contributed by atoms with E-state index in [0.29, 0.717) is 10.9 Å². The van der Waals surface area contributed by atoms with E-state index in [1.54, 1.807) is 12.1 Å². The lowest BCUT2D eigenvalue weighted by Crippen LogP contribution is -2.11. The van der Waals surface area contributed by atoms with Crippen LogP contribution in [0.15, 0.2) is 30.3 Å². The van der Waals surface area contributed by atoms with Crippen LogP contribution in [0.3, 0.4) is 0 Å². The van der Waals surface area contributed by atoms with Crippen LogP contribution < -0.4 is 0 Å². The maximum atomic E-state index is 13.9. The van der Waals surface area contributed by atoms with Crippen LogP contribution in [0.25, 0.3) is 0 Å². The quantitative estimate of drug-likeness (QED) is 0.825. The summed E-state index contributed by atoms with van der Waals surface area (Å²) in [6.07, 6.45) is -5.41. The van der Waals surface area contributed by atoms with Crippen LogP contribution in [0, 0.1) is 5.82 Å². The average Bonchev–Trinajstić information content (AvgIpc) is 2.85. The summed E-state index contributed by atoms with van der Waals surface area (Å²) >= 11 is 1.26. The molecule has 20 heavy (non-hydrogen) atoms. The Morgan fingerprint density at radius 3 is 2.45 bits per heavy atom. The van der Waals surface area contributed by atoms with Gasteiger partial charge in [-0.1, -0.05) is 19.1 Å². The van der Waals surface area contributed by atoms with Crippen molar-refractivity contribution in [1.29, 1.82) is 0 Å². The highest BCUT2D eigenvalue weighted by Crippen LogP contribution is 2.36. The maximum absolute atomic E-state index is 13.9. The fourth-order valence-corrected chi connectivity index (χ4v) is 2.82. The van der Waals surface area contributed by atoms with Crippen LogP contribution in [0.5, 0.6) is 0 Å². The van der Waals surface area contributed by atoms with E-state index in [2.05, 4.69) is 0 Å². The van der Waals surface area contributed by atoms with Crippen molar-refractivity contribution >= 4 is 11.3 Å². The van der Waals surface area contributed by atoms with Crippen molar-refractivity contribution in [3.05, 3.63) is 57.0 Å². The van der Waals surface area contributed by atoms with Crippen LogP contribution in [0.2, 0.25) is 0 Å². The number of hydrogen-bond donors (Lipinski definition) is 1. The number of hydrogen-bond acceptors (Lipinski definition) is 2. The number of aliphatic hydroxyl groups excluding tert-OH is 1. The molecule has 0 saturated heterocycles. The van der Waals surface area contributed by atoms with Crippen molar-refractivity contribution in [1.82, 2.24) is 0 Å². The van der Waals surface area contributed by atoms with E-state index >= 15 is 0 Å². The predicted molar refractivity (Wildman–Crippen MR) is 69.2 cm³/mol. The van der Waals surface area contributed by atoms with E-state index in [1.807, 2.05) is 6.92 Å². The SMILES string of the molecule is CCc1ccc(C(O)c2cccc(C(F)(F)F)c2F)s1. The van der Waals surface area contributed by atoms with Gasteiger partial charge in [0.05, 0.1) is 5.56 Å². The highest BCUT2D eigenvalue weighted by atomic mass is 32.1. The summed E-state index contributed by atoms with van der Waals surface area (Å²) in [5, 5.41) is 10.1. The van der Waals surface area contributed by atoms with Crippen molar-refractivity contribution in [2.24, 2.45) is 0 Å². The van der Waals surface area contributed by atoms with Gasteiger partial charge in [0.1, 0.15) is 11.9 Å². The predicted octanol–water partition coefficient (Wildman–Crippen LogP) is 4.55. The Labute approximate surface area is 117 Å². The van der Waals surface area contributed by atoms with Gasteiger partial charge in [0.25, 0.3) is 0 Å². The van der Waals surface area contributed by atoms with Gasteiger partial charge < -0.3 is 5.11 Å². The molecule has 0 saturated carbocycles. The molecule has 0 aliphatic carbocycles. The summed E-state index contributed by atoms with van der Waals surface area (Å²) in [5.74, 6) is -1.42. The Balaban J connectivity index is 2.42. The highest BCUT2D eigenvalue weighted by molar-refractivity contribution is 7.12. The molecule has 1 unspecified atom stereocenters. The molecule has 1 heterocycles. The van der Waals surface area contributed by atoms with E-state index in [0.717, 1.165) is 17.4 Å². The number of halogens is 4. The number of thiophene rings is 1. The van der Waals surface area contributed by atoms with Crippen molar-refractivity contribution in [3.8, 4) is 0 Å². The third-order valence-corrected chi connectivity index (χ3v) is 4.21. The number of alkyl halides is 3. The Morgan fingerprint density at radius 2 is 1.90 bits per heavy atom. The van der Waals surface area contributed by atoms with Gasteiger partial charge in [-0.05, 0) is 24.6 Å². The molecule has 108 valence electrons. The normalized spacial score (nSPS) is 13.5. The van der Waals surface area contributed by atoms with Crippen LogP contribution in [-0.4, -0.2) is 5.11 Å². The van der Waals surface area contributed by atoms with Gasteiger partial charge in [0, 0.05) is 15.3 Å². The van der Waals surface area contributed by atoms with E-state index in [1.165, 1.54) is 17.4 Å². The molecule has 1 aromatic heterocycles. The van der Waals surface area contributed by atoms with Crippen molar-refractivity contribution in [3.63, 3.8) is 0 Å². The highest BCUT2D eigenvalue weighted by Gasteiger charge is 2.35. The zero-order valence-corrected chi connectivity index (χ0v) is 11.4. The van der Waals surface area contributed by atoms with Gasteiger partial charge in [-0.2, -0.15) is 13.2 Å². The van der Waals surface area contributed by atoms with Crippen molar-refractivity contribution in [2.75, 3.05) is 0 Å². The lowest BCUT2D eigenvalue weighted by Gasteiger charge is -2.14. The monoisotopic (exact) mass is 304 g/mol. The zero-order valence-electron chi connectivity index (χ0n) is 10.5. The third kappa shape index (κ3) is 2.86. The first-order valence-corrected chi connectivity index (χ1v) is 6.78. The average molecular weight is 304 g/mol. The van der Waals surface area contributed by atoms with E-state index < -0.39 is 23.7 Å². The second-order valence-electron chi connectivity index (χ2n) is 4.27. The van der Waals surface area contributed by atoms with Gasteiger partial charge in [0.2, 0.25) is 0 Å². The maximum Gasteiger partial charge on any atom is 0.419 e. The lowest BCUT2D eigenvalue weighted by molar-refractivity contribution is -0.140. The smallest absolute Gasteiger partial charge is 0.383 e. The molecule has 2 rings (SSSR count). The molecular formula is C14H12F4OS. The molecule has 0 amide bonds. The van der Waals surface area contributed by atoms with Crippen molar-refractivity contribution < 1.29 is 22.7 Å². The second-order valence-corrected chi connectivity index (χ2v) is 5.47. The molecule has 2 aromatic rings. The van der Waals surface area contributed by atoms with Gasteiger partial charge in [-0.25, -0.2) is 4.39 Å². The minimum Gasteiger partial charge on any atom is -0.383 e. The molecule has 0 aliphatic heterocycles. The van der Waals surface area contributed by atoms with E-state index in [-0.39, 0.29) is 5.56 Å². The molecule has 1 atom stereocenters. The topological polar surface area (TPSA) is 20.2 Å². The Hall–Kier alpha value is -1.40. The summed E-state index contributed by atoms with van der Waals surface area (Å²) in [6.45, 7) is 1.92. The summed E-state index contributed by atoms with van der Waals surface area (Å²) in [7, 11) is 0. The van der Waals surface area contributed by atoms with Crippen molar-refractivity contribution in [2.45, 2.75) is 25.6 Å². The minimum absolute atomic E-state index is 0.357. The van der Waals surface area contributed by atoms with E-state index in [9.17, 15) is 22.7 Å². The van der Waals surface area contributed by atoms with Gasteiger partial charge in [0.15, 0.2) is 0 Å². The molecule has 1 N–H and O–H groups in total. The fraction of sp³-hybridized carbons (Fsp3) is 0.286. The molecule has 1 aromatic carbocycles. The van der Waals surface area contributed by atoms with Gasteiger partial charge >= 0.3 is 6.18 Å². The van der Waals surface area contributed by atoms with Crippen LogP contribution in [0.4, 0.5) is 17.6 Å². The minimum atomic E-state index is -4.77. The van der Waals surface area contributed by atoms with Gasteiger partial charge in [-0.3, -0.25) is 0 Å². The number of rotatable bonds is 3. The van der Waals surface area contributed by atoms with E-state index in [4.69, 9.17) is 0 Å². The molecule has 6 heteroatoms. The fourth-order valence-electron chi connectivity index (χ4n) is 1.86. The summed E-state index contributed by atoms with van der Waals surface area (Å²) in [4.78, 5) is 1.41. The molecular weight excluding hydrogens is 292 g/mol. The molecule has 0 radical (unpaired) electrons. The summed E-state index contributed by atoms with van der Waals surface area (Å²) in [6, 6.07) is 6.30. The lowest BCUT2D eigenvalue weighted by atomic mass is 10.0. The first-order valence-electron chi connectivity index (χ1n) is 5.97. The molecule has 0 aliphatic rings. The summed E-state index contributed by atoms with van der Waals surface area (Å²) in [5.41, 5.74) is -1.72. The zero-order chi connectivity index (χ0) is 14.9. The third-order valence-electron chi connectivity index (χ3n) is 2.93. The number of aryl methyl sites for hydroxylation is 1. The molecule has 0 fully saturated rings. The number of aliphatic hydroxyl groups is 1. The van der Waals surface area contributed by atoms with Crippen LogP contribution in [0.1, 0.15) is 33.9 Å². The Bertz CT molecular complexity index is 603. The second kappa shape index (κ2) is 5.54. The largest absolute Gasteiger partial charge is 0.419 e. The molecule has 1 nitrogen and oxygen atoms in total. The van der Waals surface area contributed by atoms with Crippen LogP contribution >= 0.6 is 11.3 Å². The summed E-state index contributed by atoms with van der Waals surface area (Å²) < 4.78 is 51.8.